The Balaban J connectivity index is 1.40. The quantitative estimate of drug-likeness (QED) is 0.588. The number of carbonyl (C=O) groups excluding carboxylic acids is 2. The number of benzene rings is 2. The van der Waals surface area contributed by atoms with Gasteiger partial charge in [-0.15, -0.1) is 11.3 Å². The van der Waals surface area contributed by atoms with E-state index in [1.807, 2.05) is 40.6 Å². The summed E-state index contributed by atoms with van der Waals surface area (Å²) in [6.45, 7) is 0. The summed E-state index contributed by atoms with van der Waals surface area (Å²) in [7, 11) is 1.61. The molecular formula is C24H23N3O4S. The van der Waals surface area contributed by atoms with Crippen LogP contribution in [0.3, 0.4) is 0 Å². The zero-order valence-electron chi connectivity index (χ0n) is 17.5. The van der Waals surface area contributed by atoms with Crippen LogP contribution in [0.2, 0.25) is 0 Å². The summed E-state index contributed by atoms with van der Waals surface area (Å²) in [4.78, 5) is 32.5. The Hall–Kier alpha value is -3.39. The number of phenols is 1. The summed E-state index contributed by atoms with van der Waals surface area (Å²) in [6.07, 6.45) is 2.12. The predicted molar refractivity (Wildman–Crippen MR) is 122 cm³/mol. The minimum absolute atomic E-state index is 0.0139. The zero-order chi connectivity index (χ0) is 22.2. The largest absolute Gasteiger partial charge is 0.508 e. The van der Waals surface area contributed by atoms with E-state index in [2.05, 4.69) is 10.3 Å². The number of aromatic nitrogens is 1. The molecule has 164 valence electrons. The highest BCUT2D eigenvalue weighted by atomic mass is 32.1. The van der Waals surface area contributed by atoms with Gasteiger partial charge >= 0.3 is 0 Å². The maximum atomic E-state index is 13.3. The molecular weight excluding hydrogens is 426 g/mol. The average molecular weight is 450 g/mol. The monoisotopic (exact) mass is 449 g/mol. The number of methoxy groups -OCH3 is 1. The molecule has 3 aromatic rings. The molecule has 2 aromatic carbocycles. The molecule has 5 rings (SSSR count). The van der Waals surface area contributed by atoms with E-state index in [0.29, 0.717) is 16.6 Å². The van der Waals surface area contributed by atoms with E-state index < -0.39 is 5.92 Å². The van der Waals surface area contributed by atoms with Gasteiger partial charge in [-0.1, -0.05) is 24.3 Å². The van der Waals surface area contributed by atoms with Gasteiger partial charge in [-0.25, -0.2) is 4.98 Å². The fourth-order valence-corrected chi connectivity index (χ4v) is 5.04. The van der Waals surface area contributed by atoms with Gasteiger partial charge in [0, 0.05) is 23.4 Å². The number of carbonyl (C=O) groups is 2. The molecule has 2 amide bonds. The third-order valence-corrected chi connectivity index (χ3v) is 6.71. The van der Waals surface area contributed by atoms with Crippen molar-refractivity contribution in [3.63, 3.8) is 0 Å². The lowest BCUT2D eigenvalue weighted by Gasteiger charge is -2.28. The fourth-order valence-electron chi connectivity index (χ4n) is 4.32. The van der Waals surface area contributed by atoms with Crippen molar-refractivity contribution >= 4 is 28.3 Å². The first-order chi connectivity index (χ1) is 15.5. The van der Waals surface area contributed by atoms with E-state index in [1.54, 1.807) is 25.3 Å². The van der Waals surface area contributed by atoms with Gasteiger partial charge in [0.15, 0.2) is 5.13 Å². The van der Waals surface area contributed by atoms with Crippen LogP contribution in [0.15, 0.2) is 53.9 Å². The number of phenolic OH excluding ortho intramolecular Hbond substituents is 1. The topological polar surface area (TPSA) is 91.8 Å². The summed E-state index contributed by atoms with van der Waals surface area (Å²) in [6, 6.07) is 14.3. The highest BCUT2D eigenvalue weighted by Gasteiger charge is 2.49. The molecule has 1 saturated carbocycles. The molecule has 8 heteroatoms. The van der Waals surface area contributed by atoms with Gasteiger partial charge in [0.2, 0.25) is 11.8 Å². The number of aromatic hydroxyl groups is 1. The predicted octanol–water partition coefficient (Wildman–Crippen LogP) is 4.22. The number of likely N-dealkylation sites (tertiary alicyclic amines) is 1. The Morgan fingerprint density at radius 3 is 2.78 bits per heavy atom. The van der Waals surface area contributed by atoms with Gasteiger partial charge < -0.3 is 20.1 Å². The van der Waals surface area contributed by atoms with Crippen molar-refractivity contribution in [1.82, 2.24) is 9.88 Å². The Labute approximate surface area is 189 Å². The summed E-state index contributed by atoms with van der Waals surface area (Å²) >= 11 is 1.32. The highest BCUT2D eigenvalue weighted by Crippen LogP contribution is 2.46. The molecule has 2 fully saturated rings. The normalized spacial score (nSPS) is 20.4. The van der Waals surface area contributed by atoms with Crippen molar-refractivity contribution in [1.29, 1.82) is 0 Å². The SMILES string of the molecule is COc1cccc([C@@H]2[C@@H](C(=O)Nc3nc(-c4cccc(O)c4)cs3)CC(=O)N2C2CC2)c1. The molecule has 2 atom stereocenters. The number of hydrogen-bond acceptors (Lipinski definition) is 6. The molecule has 1 aliphatic carbocycles. The Morgan fingerprint density at radius 1 is 1.22 bits per heavy atom. The molecule has 7 nitrogen and oxygen atoms in total. The lowest BCUT2D eigenvalue weighted by atomic mass is 9.92. The van der Waals surface area contributed by atoms with Gasteiger partial charge in [0.25, 0.3) is 0 Å². The van der Waals surface area contributed by atoms with Crippen LogP contribution < -0.4 is 10.1 Å². The first kappa shape index (κ1) is 20.5. The summed E-state index contributed by atoms with van der Waals surface area (Å²) in [5.41, 5.74) is 2.35. The summed E-state index contributed by atoms with van der Waals surface area (Å²) < 4.78 is 5.37. The van der Waals surface area contributed by atoms with E-state index in [1.165, 1.54) is 11.3 Å². The summed E-state index contributed by atoms with van der Waals surface area (Å²) in [5.74, 6) is 0.147. The molecule has 0 spiro atoms. The molecule has 0 bridgehead atoms. The second kappa shape index (κ2) is 8.27. The zero-order valence-corrected chi connectivity index (χ0v) is 18.3. The van der Waals surface area contributed by atoms with Crippen molar-refractivity contribution in [2.24, 2.45) is 5.92 Å². The van der Waals surface area contributed by atoms with E-state index >= 15 is 0 Å². The van der Waals surface area contributed by atoms with Crippen LogP contribution in [0.1, 0.15) is 30.9 Å². The Morgan fingerprint density at radius 2 is 2.03 bits per heavy atom. The molecule has 2 N–H and O–H groups in total. The van der Waals surface area contributed by atoms with Gasteiger partial charge in [0.05, 0.1) is 24.8 Å². The first-order valence-corrected chi connectivity index (χ1v) is 11.4. The molecule has 1 aliphatic heterocycles. The number of nitrogens with one attached hydrogen (secondary N) is 1. The maximum absolute atomic E-state index is 13.3. The average Bonchev–Trinajstić information content (AvgIpc) is 3.42. The Bertz CT molecular complexity index is 1170. The van der Waals surface area contributed by atoms with Crippen molar-refractivity contribution in [3.05, 3.63) is 59.5 Å². The van der Waals surface area contributed by atoms with Crippen LogP contribution in [0.25, 0.3) is 11.3 Å². The van der Waals surface area contributed by atoms with Crippen molar-refractivity contribution in [2.75, 3.05) is 12.4 Å². The second-order valence-corrected chi connectivity index (χ2v) is 9.00. The van der Waals surface area contributed by atoms with Crippen LogP contribution in [-0.4, -0.2) is 40.0 Å². The number of amides is 2. The molecule has 1 saturated heterocycles. The molecule has 0 radical (unpaired) electrons. The van der Waals surface area contributed by atoms with Crippen LogP contribution in [-0.2, 0) is 9.59 Å². The number of ether oxygens (including phenoxy) is 1. The molecule has 1 aromatic heterocycles. The van der Waals surface area contributed by atoms with Crippen molar-refractivity contribution in [3.8, 4) is 22.8 Å². The van der Waals surface area contributed by atoms with Crippen molar-refractivity contribution in [2.45, 2.75) is 31.3 Å². The first-order valence-electron chi connectivity index (χ1n) is 10.5. The lowest BCUT2D eigenvalue weighted by molar-refractivity contribution is -0.129. The van der Waals surface area contributed by atoms with Crippen molar-refractivity contribution < 1.29 is 19.4 Å². The fraction of sp³-hybridized carbons (Fsp3) is 0.292. The molecule has 2 aliphatic rings. The standard InChI is InChI=1S/C24H23N3O4S/c1-31-18-7-3-5-15(11-18)22-19(12-21(29)27(22)16-8-9-16)23(30)26-24-25-20(13-32-24)14-4-2-6-17(28)10-14/h2-7,10-11,13,16,19,22,28H,8-9,12H2,1H3,(H,25,26,30)/t19-,22+/m0/s1. The third kappa shape index (κ3) is 3.93. The Kier molecular flexibility index (Phi) is 5.30. The third-order valence-electron chi connectivity index (χ3n) is 5.95. The molecule has 2 heterocycles. The van der Waals surface area contributed by atoms with Gasteiger partial charge in [-0.2, -0.15) is 0 Å². The van der Waals surface area contributed by atoms with Crippen LogP contribution in [0.4, 0.5) is 5.13 Å². The minimum Gasteiger partial charge on any atom is -0.508 e. The van der Waals surface area contributed by atoms with Gasteiger partial charge in [-0.3, -0.25) is 9.59 Å². The summed E-state index contributed by atoms with van der Waals surface area (Å²) in [5, 5.41) is 14.9. The smallest absolute Gasteiger partial charge is 0.232 e. The number of thiazole rings is 1. The van der Waals surface area contributed by atoms with E-state index in [4.69, 9.17) is 4.74 Å². The number of rotatable bonds is 6. The number of nitrogens with zero attached hydrogens (tertiary/aromatic N) is 2. The van der Waals surface area contributed by atoms with Gasteiger partial charge in [0.1, 0.15) is 11.5 Å². The highest BCUT2D eigenvalue weighted by molar-refractivity contribution is 7.14. The van der Waals surface area contributed by atoms with E-state index in [0.717, 1.165) is 24.0 Å². The van der Waals surface area contributed by atoms with E-state index in [9.17, 15) is 14.7 Å². The number of anilines is 1. The minimum atomic E-state index is -0.511. The molecule has 32 heavy (non-hydrogen) atoms. The maximum Gasteiger partial charge on any atom is 0.232 e. The lowest BCUT2D eigenvalue weighted by Crippen LogP contribution is -2.33. The van der Waals surface area contributed by atoms with Gasteiger partial charge in [-0.05, 0) is 42.7 Å². The number of hydrogen-bond donors (Lipinski definition) is 2. The van der Waals surface area contributed by atoms with Crippen LogP contribution >= 0.6 is 11.3 Å². The second-order valence-electron chi connectivity index (χ2n) is 8.14. The van der Waals surface area contributed by atoms with Crippen LogP contribution in [0, 0.1) is 5.92 Å². The van der Waals surface area contributed by atoms with E-state index in [-0.39, 0.29) is 36.1 Å². The van der Waals surface area contributed by atoms with Crippen LogP contribution in [0.5, 0.6) is 11.5 Å². The molecule has 0 unspecified atom stereocenters.